The molecular weight excluding hydrogens is 352 g/mol. The predicted octanol–water partition coefficient (Wildman–Crippen LogP) is 4.14. The summed E-state index contributed by atoms with van der Waals surface area (Å²) in [4.78, 5) is 16.2. The molecule has 0 spiro atoms. The number of oxazole rings is 1. The quantitative estimate of drug-likeness (QED) is 0.519. The Balaban J connectivity index is 0.00000192. The molecule has 0 saturated heterocycles. The summed E-state index contributed by atoms with van der Waals surface area (Å²) in [6, 6.07) is 9.13. The van der Waals surface area contributed by atoms with Gasteiger partial charge in [0.15, 0.2) is 5.69 Å². The molecule has 2 heterocycles. The van der Waals surface area contributed by atoms with Crippen molar-refractivity contribution in [1.82, 2.24) is 4.98 Å². The molecule has 0 bridgehead atoms. The third-order valence-corrected chi connectivity index (χ3v) is 3.97. The van der Waals surface area contributed by atoms with Crippen LogP contribution in [-0.4, -0.2) is 40.5 Å². The Kier molecular flexibility index (Phi) is 6.00. The number of halogens is 2. The summed E-state index contributed by atoms with van der Waals surface area (Å²) < 4.78 is 24.1. The van der Waals surface area contributed by atoms with Gasteiger partial charge in [-0.2, -0.15) is 0 Å². The second-order valence-corrected chi connectivity index (χ2v) is 6.07. The van der Waals surface area contributed by atoms with E-state index in [0.717, 1.165) is 0 Å². The summed E-state index contributed by atoms with van der Waals surface area (Å²) >= 11 is 7.20. The van der Waals surface area contributed by atoms with Crippen LogP contribution in [0.1, 0.15) is 6.92 Å². The van der Waals surface area contributed by atoms with E-state index in [2.05, 4.69) is 4.98 Å². The maximum absolute atomic E-state index is 13.0. The Bertz CT molecular complexity index is 832. The second kappa shape index (κ2) is 7.59. The minimum absolute atomic E-state index is 0. The fourth-order valence-corrected chi connectivity index (χ4v) is 2.84. The van der Waals surface area contributed by atoms with Crippen molar-refractivity contribution in [3.63, 3.8) is 0 Å². The monoisotopic (exact) mass is 361 g/mol. The molecule has 0 radical (unpaired) electrons. The average molecular weight is 362 g/mol. The number of carbonyl (C=O) groups excluding carboxylic acids is 1. The number of carbonyl (C=O) groups is 1. The van der Waals surface area contributed by atoms with Gasteiger partial charge in [-0.3, -0.25) is 4.79 Å². The average Bonchev–Trinajstić information content (AvgIpc) is 3.05. The summed E-state index contributed by atoms with van der Waals surface area (Å²) in [7, 11) is 0. The van der Waals surface area contributed by atoms with Gasteiger partial charge in [0.05, 0.1) is 9.21 Å². The van der Waals surface area contributed by atoms with E-state index in [0.29, 0.717) is 20.5 Å². The summed E-state index contributed by atoms with van der Waals surface area (Å²) in [6.45, 7) is 1.27. The van der Waals surface area contributed by atoms with Gasteiger partial charge in [-0.05, 0) is 36.4 Å². The van der Waals surface area contributed by atoms with Crippen LogP contribution >= 0.6 is 22.9 Å². The molecule has 3 aromatic rings. The van der Waals surface area contributed by atoms with Gasteiger partial charge < -0.3 is 9.15 Å². The molecule has 3 rings (SSSR count). The van der Waals surface area contributed by atoms with Crippen molar-refractivity contribution in [3.8, 4) is 28.0 Å². The predicted molar refractivity (Wildman–Crippen MR) is 88.7 cm³/mol. The molecule has 0 fully saturated rings. The molecule has 2 aromatic heterocycles. The number of aromatic nitrogens is 1. The zero-order valence-corrected chi connectivity index (χ0v) is 12.9. The first-order chi connectivity index (χ1) is 10.5. The normalized spacial score (nSPS) is 10.2. The van der Waals surface area contributed by atoms with Gasteiger partial charge in [0.25, 0.3) is 0 Å². The molecule has 4 nitrogen and oxygen atoms in total. The van der Waals surface area contributed by atoms with Crippen LogP contribution in [0.2, 0.25) is 4.34 Å². The number of rotatable bonds is 3. The standard InChI is InChI=1S/C15H9ClFNO3S.Na.H/c1-8(19)20-15-13(11-6-7-12(16)22-11)18-14(21-15)9-2-4-10(17)5-3-9;;/h2-7H,1H3;;. The molecular formula is C15H10ClFNNaO3S. The Morgan fingerprint density at radius 2 is 1.96 bits per heavy atom. The van der Waals surface area contributed by atoms with Gasteiger partial charge >= 0.3 is 41.5 Å². The van der Waals surface area contributed by atoms with E-state index in [4.69, 9.17) is 20.8 Å². The van der Waals surface area contributed by atoms with Crippen LogP contribution in [-0.2, 0) is 4.79 Å². The first kappa shape index (κ1) is 18.2. The van der Waals surface area contributed by atoms with Crippen molar-refractivity contribution in [1.29, 1.82) is 0 Å². The number of ether oxygens (including phenoxy) is 1. The fourth-order valence-electron chi connectivity index (χ4n) is 1.82. The molecule has 23 heavy (non-hydrogen) atoms. The van der Waals surface area contributed by atoms with E-state index < -0.39 is 5.97 Å². The van der Waals surface area contributed by atoms with Crippen LogP contribution in [0, 0.1) is 5.82 Å². The number of hydrogen-bond donors (Lipinski definition) is 0. The van der Waals surface area contributed by atoms with Gasteiger partial charge in [0.2, 0.25) is 5.89 Å². The fraction of sp³-hybridized carbons (Fsp3) is 0.0667. The topological polar surface area (TPSA) is 52.3 Å². The van der Waals surface area contributed by atoms with Crippen molar-refractivity contribution in [2.24, 2.45) is 0 Å². The summed E-state index contributed by atoms with van der Waals surface area (Å²) in [5, 5.41) is 0. The van der Waals surface area contributed by atoms with Crippen molar-refractivity contribution >= 4 is 58.5 Å². The van der Waals surface area contributed by atoms with E-state index in [-0.39, 0.29) is 47.2 Å². The van der Waals surface area contributed by atoms with Crippen molar-refractivity contribution in [2.45, 2.75) is 6.92 Å². The molecule has 0 amide bonds. The first-order valence-electron chi connectivity index (χ1n) is 6.24. The maximum atomic E-state index is 13.0. The number of hydrogen-bond acceptors (Lipinski definition) is 5. The van der Waals surface area contributed by atoms with E-state index in [1.165, 1.54) is 42.5 Å². The molecule has 0 saturated carbocycles. The Hall–Kier alpha value is -1.18. The van der Waals surface area contributed by atoms with Crippen LogP contribution in [0.25, 0.3) is 22.0 Å². The minimum atomic E-state index is -0.522. The van der Waals surface area contributed by atoms with Crippen LogP contribution < -0.4 is 4.74 Å². The van der Waals surface area contributed by atoms with Gasteiger partial charge in [-0.25, -0.2) is 9.37 Å². The van der Waals surface area contributed by atoms with Crippen LogP contribution in [0.3, 0.4) is 0 Å². The van der Waals surface area contributed by atoms with E-state index in [1.807, 2.05) is 0 Å². The third kappa shape index (κ3) is 4.22. The van der Waals surface area contributed by atoms with Crippen LogP contribution in [0.15, 0.2) is 40.8 Å². The number of esters is 1. The Morgan fingerprint density at radius 3 is 2.52 bits per heavy atom. The molecule has 1 aromatic carbocycles. The van der Waals surface area contributed by atoms with Crippen LogP contribution in [0.5, 0.6) is 5.95 Å². The van der Waals surface area contributed by atoms with Gasteiger partial charge in [0, 0.05) is 12.5 Å². The summed E-state index contributed by atoms with van der Waals surface area (Å²) in [5.74, 6) is -0.660. The Labute approximate surface area is 162 Å². The second-order valence-electron chi connectivity index (χ2n) is 4.36. The molecule has 0 aliphatic rings. The first-order valence-corrected chi connectivity index (χ1v) is 7.43. The molecule has 0 unspecified atom stereocenters. The third-order valence-electron chi connectivity index (χ3n) is 2.73. The molecule has 0 atom stereocenters. The molecule has 8 heteroatoms. The molecule has 0 aliphatic carbocycles. The number of thiophene rings is 1. The Morgan fingerprint density at radius 1 is 1.26 bits per heavy atom. The molecule has 0 aliphatic heterocycles. The van der Waals surface area contributed by atoms with Crippen molar-refractivity contribution < 1.29 is 18.3 Å². The van der Waals surface area contributed by atoms with E-state index in [1.54, 1.807) is 12.1 Å². The SMILES string of the molecule is CC(=O)Oc1oc(-c2ccc(F)cc2)nc1-c1ccc(Cl)s1.[NaH]. The van der Waals surface area contributed by atoms with E-state index in [9.17, 15) is 9.18 Å². The van der Waals surface area contributed by atoms with Crippen LogP contribution in [0.4, 0.5) is 4.39 Å². The zero-order valence-electron chi connectivity index (χ0n) is 11.3. The molecule has 114 valence electrons. The zero-order chi connectivity index (χ0) is 15.7. The van der Waals surface area contributed by atoms with Gasteiger partial charge in [-0.15, -0.1) is 11.3 Å². The number of benzene rings is 1. The summed E-state index contributed by atoms with van der Waals surface area (Å²) in [5.41, 5.74) is 0.954. The van der Waals surface area contributed by atoms with Gasteiger partial charge in [-0.1, -0.05) is 11.6 Å². The van der Waals surface area contributed by atoms with E-state index >= 15 is 0 Å². The van der Waals surface area contributed by atoms with Gasteiger partial charge in [0.1, 0.15) is 5.82 Å². The molecule has 0 N–H and O–H groups in total. The van der Waals surface area contributed by atoms with Crippen molar-refractivity contribution in [3.05, 3.63) is 46.6 Å². The van der Waals surface area contributed by atoms with Crippen molar-refractivity contribution in [2.75, 3.05) is 0 Å². The summed E-state index contributed by atoms with van der Waals surface area (Å²) in [6.07, 6.45) is 0. The number of nitrogens with zero attached hydrogens (tertiary/aromatic N) is 1.